The number of nitrogens with one attached hydrogen (secondary N) is 1. The van der Waals surface area contributed by atoms with Gasteiger partial charge in [0.2, 0.25) is 0 Å². The van der Waals surface area contributed by atoms with Crippen LogP contribution in [0.1, 0.15) is 29.9 Å². The summed E-state index contributed by atoms with van der Waals surface area (Å²) in [5.41, 5.74) is 3.57. The van der Waals surface area contributed by atoms with Crippen molar-refractivity contribution in [3.63, 3.8) is 0 Å². The van der Waals surface area contributed by atoms with E-state index in [2.05, 4.69) is 35.5 Å². The molecule has 20 heavy (non-hydrogen) atoms. The summed E-state index contributed by atoms with van der Waals surface area (Å²) in [7, 11) is 3.69. The molecule has 0 aliphatic rings. The highest BCUT2D eigenvalue weighted by Gasteiger charge is 2.14. The second-order valence-corrected chi connectivity index (χ2v) is 4.99. The molecular weight excluding hydrogens is 250 g/mol. The van der Waals surface area contributed by atoms with Crippen molar-refractivity contribution in [1.29, 1.82) is 0 Å². The molecule has 0 saturated carbocycles. The average Bonchev–Trinajstić information content (AvgIpc) is 2.76. The van der Waals surface area contributed by atoms with Gasteiger partial charge in [-0.2, -0.15) is 5.10 Å². The second-order valence-electron chi connectivity index (χ2n) is 4.99. The molecule has 4 nitrogen and oxygen atoms in total. The van der Waals surface area contributed by atoms with Crippen LogP contribution < -0.4 is 10.1 Å². The molecule has 0 fully saturated rings. The molecule has 1 aromatic carbocycles. The van der Waals surface area contributed by atoms with Crippen molar-refractivity contribution < 1.29 is 4.74 Å². The van der Waals surface area contributed by atoms with E-state index in [-0.39, 0.29) is 0 Å². The van der Waals surface area contributed by atoms with Crippen LogP contribution in [0.2, 0.25) is 0 Å². The third kappa shape index (κ3) is 3.39. The zero-order chi connectivity index (χ0) is 14.5. The maximum absolute atomic E-state index is 5.22. The van der Waals surface area contributed by atoms with Crippen molar-refractivity contribution in [2.24, 2.45) is 7.05 Å². The number of methoxy groups -OCH3 is 1. The fourth-order valence-electron chi connectivity index (χ4n) is 2.45. The van der Waals surface area contributed by atoms with E-state index in [0.29, 0.717) is 6.04 Å². The first-order chi connectivity index (χ1) is 9.63. The van der Waals surface area contributed by atoms with Gasteiger partial charge >= 0.3 is 0 Å². The molecule has 108 valence electrons. The lowest BCUT2D eigenvalue weighted by Crippen LogP contribution is -2.23. The van der Waals surface area contributed by atoms with Gasteiger partial charge in [0, 0.05) is 25.2 Å². The Morgan fingerprint density at radius 3 is 2.50 bits per heavy atom. The highest BCUT2D eigenvalue weighted by Crippen LogP contribution is 2.21. The van der Waals surface area contributed by atoms with Crippen LogP contribution in [0.5, 0.6) is 5.75 Å². The first-order valence-corrected chi connectivity index (χ1v) is 7.01. The molecule has 0 saturated heterocycles. The number of likely N-dealkylation sites (N-methyl/N-ethyl adjacent to an activating group) is 1. The van der Waals surface area contributed by atoms with Gasteiger partial charge in [0.15, 0.2) is 0 Å². The van der Waals surface area contributed by atoms with Crippen molar-refractivity contribution >= 4 is 0 Å². The van der Waals surface area contributed by atoms with Gasteiger partial charge in [-0.3, -0.25) is 4.68 Å². The van der Waals surface area contributed by atoms with Gasteiger partial charge in [0.1, 0.15) is 5.75 Å². The van der Waals surface area contributed by atoms with Crippen LogP contribution in [-0.2, 0) is 13.5 Å². The van der Waals surface area contributed by atoms with Crippen molar-refractivity contribution in [2.45, 2.75) is 26.3 Å². The molecule has 0 bridgehead atoms. The zero-order valence-corrected chi connectivity index (χ0v) is 12.7. The van der Waals surface area contributed by atoms with Crippen LogP contribution in [-0.4, -0.2) is 23.4 Å². The molecule has 0 radical (unpaired) electrons. The predicted octanol–water partition coefficient (Wildman–Crippen LogP) is 2.63. The summed E-state index contributed by atoms with van der Waals surface area (Å²) in [4.78, 5) is 0. The van der Waals surface area contributed by atoms with Gasteiger partial charge in [0.05, 0.1) is 12.8 Å². The van der Waals surface area contributed by atoms with Crippen LogP contribution in [0.25, 0.3) is 0 Å². The minimum atomic E-state index is 0.292. The maximum atomic E-state index is 5.22. The maximum Gasteiger partial charge on any atom is 0.118 e. The van der Waals surface area contributed by atoms with Gasteiger partial charge in [0.25, 0.3) is 0 Å². The second kappa shape index (κ2) is 6.57. The van der Waals surface area contributed by atoms with Crippen LogP contribution >= 0.6 is 0 Å². The molecule has 2 rings (SSSR count). The summed E-state index contributed by atoms with van der Waals surface area (Å²) in [5.74, 6) is 0.889. The van der Waals surface area contributed by atoms with Crippen molar-refractivity contribution in [3.05, 3.63) is 47.3 Å². The van der Waals surface area contributed by atoms with Crippen molar-refractivity contribution in [2.75, 3.05) is 13.7 Å². The average molecular weight is 273 g/mol. The Morgan fingerprint density at radius 2 is 2.00 bits per heavy atom. The van der Waals surface area contributed by atoms with E-state index in [1.807, 2.05) is 30.8 Å². The summed E-state index contributed by atoms with van der Waals surface area (Å²) < 4.78 is 7.18. The van der Waals surface area contributed by atoms with Crippen molar-refractivity contribution in [1.82, 2.24) is 15.1 Å². The fourth-order valence-corrected chi connectivity index (χ4v) is 2.45. The number of ether oxygens (including phenoxy) is 1. The Labute approximate surface area is 120 Å². The third-order valence-electron chi connectivity index (χ3n) is 3.48. The summed E-state index contributed by atoms with van der Waals surface area (Å²) in [6.45, 7) is 5.09. The lowest BCUT2D eigenvalue weighted by Gasteiger charge is -2.18. The highest BCUT2D eigenvalue weighted by molar-refractivity contribution is 5.30. The highest BCUT2D eigenvalue weighted by atomic mass is 16.5. The molecule has 0 aliphatic heterocycles. The molecule has 0 aliphatic carbocycles. The smallest absolute Gasteiger partial charge is 0.118 e. The van der Waals surface area contributed by atoms with E-state index in [9.17, 15) is 0 Å². The lowest BCUT2D eigenvalue weighted by molar-refractivity contribution is 0.414. The zero-order valence-electron chi connectivity index (χ0n) is 12.7. The van der Waals surface area contributed by atoms with Gasteiger partial charge in [-0.05, 0) is 37.2 Å². The topological polar surface area (TPSA) is 39.1 Å². The molecule has 1 atom stereocenters. The van der Waals surface area contributed by atoms with E-state index in [1.54, 1.807) is 7.11 Å². The molecule has 4 heteroatoms. The summed E-state index contributed by atoms with van der Waals surface area (Å²) in [6.07, 6.45) is 0.928. The van der Waals surface area contributed by atoms with E-state index in [4.69, 9.17) is 4.74 Å². The number of aryl methyl sites for hydroxylation is 2. The molecule has 0 amide bonds. The first-order valence-electron chi connectivity index (χ1n) is 7.01. The van der Waals surface area contributed by atoms with Crippen LogP contribution in [0.4, 0.5) is 0 Å². The lowest BCUT2D eigenvalue weighted by atomic mass is 10.0. The number of nitrogens with zero attached hydrogens (tertiary/aromatic N) is 2. The van der Waals surface area contributed by atoms with Gasteiger partial charge in [-0.1, -0.05) is 19.1 Å². The number of hydrogen-bond donors (Lipinski definition) is 1. The summed E-state index contributed by atoms with van der Waals surface area (Å²) >= 11 is 0. The predicted molar refractivity (Wildman–Crippen MR) is 81.1 cm³/mol. The first kappa shape index (κ1) is 14.6. The standard InChI is InChI=1S/C16H23N3O/c1-5-17-16(11-14-10-12(2)18-19(14)3)13-6-8-15(20-4)9-7-13/h6-10,16-17H,5,11H2,1-4H3. The van der Waals surface area contributed by atoms with Crippen LogP contribution in [0.3, 0.4) is 0 Å². The van der Waals surface area contributed by atoms with E-state index in [1.165, 1.54) is 11.3 Å². The SMILES string of the molecule is CCNC(Cc1cc(C)nn1C)c1ccc(OC)cc1. The fraction of sp³-hybridized carbons (Fsp3) is 0.438. The Bertz CT molecular complexity index is 545. The van der Waals surface area contributed by atoms with Crippen molar-refractivity contribution in [3.8, 4) is 5.75 Å². The molecule has 1 aromatic heterocycles. The molecule has 1 unspecified atom stereocenters. The number of hydrogen-bond acceptors (Lipinski definition) is 3. The molecule has 1 N–H and O–H groups in total. The van der Waals surface area contributed by atoms with Crippen LogP contribution in [0.15, 0.2) is 30.3 Å². The molecule has 0 spiro atoms. The van der Waals surface area contributed by atoms with Crippen LogP contribution in [0, 0.1) is 6.92 Å². The van der Waals surface area contributed by atoms with Gasteiger partial charge in [-0.25, -0.2) is 0 Å². The largest absolute Gasteiger partial charge is 0.497 e. The minimum absolute atomic E-state index is 0.292. The third-order valence-corrected chi connectivity index (χ3v) is 3.48. The Balaban J connectivity index is 2.19. The minimum Gasteiger partial charge on any atom is -0.497 e. The quantitative estimate of drug-likeness (QED) is 0.879. The Kier molecular flexibility index (Phi) is 4.79. The number of rotatable bonds is 6. The molecule has 1 heterocycles. The Hall–Kier alpha value is -1.81. The monoisotopic (exact) mass is 273 g/mol. The summed E-state index contributed by atoms with van der Waals surface area (Å²) in [5, 5.41) is 7.95. The van der Waals surface area contributed by atoms with E-state index < -0.39 is 0 Å². The normalized spacial score (nSPS) is 12.4. The van der Waals surface area contributed by atoms with Gasteiger partial charge < -0.3 is 10.1 Å². The van der Waals surface area contributed by atoms with E-state index >= 15 is 0 Å². The molecule has 2 aromatic rings. The Morgan fingerprint density at radius 1 is 1.30 bits per heavy atom. The van der Waals surface area contributed by atoms with Gasteiger partial charge in [-0.15, -0.1) is 0 Å². The number of aromatic nitrogens is 2. The summed E-state index contributed by atoms with van der Waals surface area (Å²) in [6, 6.07) is 10.7. The van der Waals surface area contributed by atoms with E-state index in [0.717, 1.165) is 24.4 Å². The molecular formula is C16H23N3O. The number of benzene rings is 1.